The molecule has 0 unspecified atom stereocenters. The molecule has 0 amide bonds. The maximum Gasteiger partial charge on any atom is 0.240 e. The van der Waals surface area contributed by atoms with Crippen LogP contribution in [0.25, 0.3) is 21.8 Å². The second kappa shape index (κ2) is 5.61. The minimum absolute atomic E-state index is 0.599. The maximum absolute atomic E-state index is 10.2. The summed E-state index contributed by atoms with van der Waals surface area (Å²) in [5.74, 6) is 0. The lowest BCUT2D eigenvalue weighted by Crippen LogP contribution is -1.79. The Kier molecular flexibility index (Phi) is 3.50. The predicted molar refractivity (Wildman–Crippen MR) is 80.8 cm³/mol. The van der Waals surface area contributed by atoms with Crippen molar-refractivity contribution < 1.29 is 4.79 Å². The average Bonchev–Trinajstić information content (AvgIpc) is 2.99. The molecule has 0 atom stereocenters. The van der Waals surface area contributed by atoms with Crippen LogP contribution in [0.3, 0.4) is 0 Å². The molecular formula is C16H10N2OS. The van der Waals surface area contributed by atoms with Crippen molar-refractivity contribution in [3.05, 3.63) is 60.0 Å². The summed E-state index contributed by atoms with van der Waals surface area (Å²) in [5, 5.41) is 3.02. The molecule has 0 fully saturated rings. The van der Waals surface area contributed by atoms with Gasteiger partial charge in [0.25, 0.3) is 0 Å². The van der Waals surface area contributed by atoms with Gasteiger partial charge in [0.1, 0.15) is 5.01 Å². The number of benzene rings is 2. The van der Waals surface area contributed by atoms with Crippen molar-refractivity contribution in [2.75, 3.05) is 0 Å². The van der Waals surface area contributed by atoms with Crippen LogP contribution in [0.15, 0.2) is 65.0 Å². The molecule has 4 heteroatoms. The van der Waals surface area contributed by atoms with Gasteiger partial charge in [0.15, 0.2) is 0 Å². The molecule has 3 aromatic rings. The van der Waals surface area contributed by atoms with Gasteiger partial charge in [0.05, 0.1) is 11.4 Å². The zero-order valence-electron chi connectivity index (χ0n) is 10.5. The minimum Gasteiger partial charge on any atom is -0.236 e. The van der Waals surface area contributed by atoms with Crippen LogP contribution in [0.4, 0.5) is 5.69 Å². The van der Waals surface area contributed by atoms with E-state index >= 15 is 0 Å². The van der Waals surface area contributed by atoms with Gasteiger partial charge in [-0.1, -0.05) is 42.5 Å². The van der Waals surface area contributed by atoms with Crippen LogP contribution in [0.5, 0.6) is 0 Å². The Hall–Kier alpha value is -2.55. The fourth-order valence-corrected chi connectivity index (χ4v) is 2.71. The van der Waals surface area contributed by atoms with E-state index in [-0.39, 0.29) is 0 Å². The zero-order chi connectivity index (χ0) is 13.8. The standard InChI is InChI=1S/C16H10N2OS/c19-11-17-14-8-6-12(7-9-14)15-10-20-16(18-15)13-4-2-1-3-5-13/h1-10H. The fraction of sp³-hybridized carbons (Fsp3) is 0. The molecule has 2 aromatic carbocycles. The van der Waals surface area contributed by atoms with Gasteiger partial charge < -0.3 is 0 Å². The third-order valence-corrected chi connectivity index (χ3v) is 3.75. The molecule has 0 spiro atoms. The van der Waals surface area contributed by atoms with Gasteiger partial charge in [-0.05, 0) is 12.1 Å². The number of hydrogen-bond donors (Lipinski definition) is 0. The van der Waals surface area contributed by atoms with Crippen LogP contribution in [0, 0.1) is 0 Å². The molecule has 1 heterocycles. The molecule has 3 rings (SSSR count). The number of aromatic nitrogens is 1. The van der Waals surface area contributed by atoms with Gasteiger partial charge >= 0.3 is 0 Å². The molecule has 0 radical (unpaired) electrons. The summed E-state index contributed by atoms with van der Waals surface area (Å²) in [6, 6.07) is 17.5. The van der Waals surface area contributed by atoms with Gasteiger partial charge in [-0.25, -0.2) is 9.78 Å². The van der Waals surface area contributed by atoms with Gasteiger partial charge in [0.2, 0.25) is 6.08 Å². The molecule has 0 aliphatic rings. The molecule has 1 aromatic heterocycles. The van der Waals surface area contributed by atoms with Crippen LogP contribution in [0.2, 0.25) is 0 Å². The normalized spacial score (nSPS) is 10.0. The fourth-order valence-electron chi connectivity index (χ4n) is 1.88. The van der Waals surface area contributed by atoms with Gasteiger partial charge in [-0.2, -0.15) is 4.99 Å². The number of nitrogens with zero attached hydrogens (tertiary/aromatic N) is 2. The second-order valence-electron chi connectivity index (χ2n) is 4.15. The summed E-state index contributed by atoms with van der Waals surface area (Å²) < 4.78 is 0. The first-order valence-electron chi connectivity index (χ1n) is 6.06. The van der Waals surface area contributed by atoms with Crippen molar-refractivity contribution in [3.63, 3.8) is 0 Å². The maximum atomic E-state index is 10.2. The van der Waals surface area contributed by atoms with Crippen molar-refractivity contribution in [1.29, 1.82) is 0 Å². The number of rotatable bonds is 3. The lowest BCUT2D eigenvalue weighted by Gasteiger charge is -1.97. The van der Waals surface area contributed by atoms with Gasteiger partial charge in [-0.3, -0.25) is 0 Å². The van der Waals surface area contributed by atoms with E-state index in [2.05, 4.69) is 9.98 Å². The third-order valence-electron chi connectivity index (χ3n) is 2.86. The summed E-state index contributed by atoms with van der Waals surface area (Å²) in [4.78, 5) is 18.4. The van der Waals surface area contributed by atoms with E-state index in [1.165, 1.54) is 6.08 Å². The molecule has 0 bridgehead atoms. The molecule has 0 aliphatic heterocycles. The van der Waals surface area contributed by atoms with E-state index in [1.54, 1.807) is 23.5 Å². The first-order valence-corrected chi connectivity index (χ1v) is 6.94. The summed E-state index contributed by atoms with van der Waals surface area (Å²) in [7, 11) is 0. The summed E-state index contributed by atoms with van der Waals surface area (Å²) >= 11 is 1.62. The van der Waals surface area contributed by atoms with E-state index in [9.17, 15) is 4.79 Å². The van der Waals surface area contributed by atoms with Crippen LogP contribution in [-0.4, -0.2) is 11.1 Å². The van der Waals surface area contributed by atoms with E-state index in [4.69, 9.17) is 0 Å². The smallest absolute Gasteiger partial charge is 0.236 e. The van der Waals surface area contributed by atoms with E-state index in [1.807, 2.05) is 47.8 Å². The average molecular weight is 278 g/mol. The van der Waals surface area contributed by atoms with Crippen LogP contribution in [-0.2, 0) is 4.79 Å². The Morgan fingerprint density at radius 3 is 2.40 bits per heavy atom. The van der Waals surface area contributed by atoms with Crippen LogP contribution < -0.4 is 0 Å². The molecule has 0 N–H and O–H groups in total. The number of carbonyl (C=O) groups excluding carboxylic acids is 1. The van der Waals surface area contributed by atoms with E-state index < -0.39 is 0 Å². The highest BCUT2D eigenvalue weighted by Crippen LogP contribution is 2.29. The van der Waals surface area contributed by atoms with Crippen molar-refractivity contribution >= 4 is 23.1 Å². The molecule has 3 nitrogen and oxygen atoms in total. The topological polar surface area (TPSA) is 42.3 Å². The molecule has 96 valence electrons. The predicted octanol–water partition coefficient (Wildman–Crippen LogP) is 4.44. The number of aliphatic imine (C=N–C) groups is 1. The number of hydrogen-bond acceptors (Lipinski definition) is 4. The largest absolute Gasteiger partial charge is 0.240 e. The second-order valence-corrected chi connectivity index (χ2v) is 5.01. The zero-order valence-corrected chi connectivity index (χ0v) is 11.3. The first-order chi connectivity index (χ1) is 9.86. The Balaban J connectivity index is 1.92. The van der Waals surface area contributed by atoms with E-state index in [0.29, 0.717) is 5.69 Å². The highest BCUT2D eigenvalue weighted by Gasteiger charge is 2.06. The van der Waals surface area contributed by atoms with Crippen molar-refractivity contribution in [2.45, 2.75) is 0 Å². The van der Waals surface area contributed by atoms with Crippen LogP contribution in [0.1, 0.15) is 0 Å². The molecule has 20 heavy (non-hydrogen) atoms. The Morgan fingerprint density at radius 2 is 1.70 bits per heavy atom. The van der Waals surface area contributed by atoms with Gasteiger partial charge in [-0.15, -0.1) is 11.3 Å². The number of isocyanates is 1. The van der Waals surface area contributed by atoms with E-state index in [0.717, 1.165) is 21.8 Å². The highest BCUT2D eigenvalue weighted by molar-refractivity contribution is 7.13. The lowest BCUT2D eigenvalue weighted by molar-refractivity contribution is 0.565. The molecular weight excluding hydrogens is 268 g/mol. The Labute approximate surface area is 120 Å². The Bertz CT molecular complexity index is 757. The third kappa shape index (κ3) is 2.57. The lowest BCUT2D eigenvalue weighted by atomic mass is 10.1. The quantitative estimate of drug-likeness (QED) is 0.525. The number of thiazole rings is 1. The monoisotopic (exact) mass is 278 g/mol. The molecule has 0 aliphatic carbocycles. The summed E-state index contributed by atoms with van der Waals surface area (Å²) in [6.45, 7) is 0. The molecule has 0 saturated carbocycles. The van der Waals surface area contributed by atoms with Crippen molar-refractivity contribution in [3.8, 4) is 21.8 Å². The SMILES string of the molecule is O=C=Nc1ccc(-c2csc(-c3ccccc3)n2)cc1. The first kappa shape index (κ1) is 12.5. The minimum atomic E-state index is 0.599. The summed E-state index contributed by atoms with van der Waals surface area (Å²) in [5.41, 5.74) is 3.65. The van der Waals surface area contributed by atoms with Gasteiger partial charge in [0, 0.05) is 16.5 Å². The van der Waals surface area contributed by atoms with Crippen molar-refractivity contribution in [2.24, 2.45) is 4.99 Å². The highest BCUT2D eigenvalue weighted by atomic mass is 32.1. The Morgan fingerprint density at radius 1 is 0.950 bits per heavy atom. The molecule has 0 saturated heterocycles. The van der Waals surface area contributed by atoms with Crippen LogP contribution >= 0.6 is 11.3 Å². The summed E-state index contributed by atoms with van der Waals surface area (Å²) in [6.07, 6.45) is 1.53. The van der Waals surface area contributed by atoms with Crippen molar-refractivity contribution in [1.82, 2.24) is 4.98 Å².